The molecule has 1 saturated heterocycles. The molecule has 6 nitrogen and oxygen atoms in total. The average Bonchev–Trinajstić information content (AvgIpc) is 2.75. The van der Waals surface area contributed by atoms with Gasteiger partial charge in [-0.1, -0.05) is 31.5 Å². The number of carbonyl (C=O) groups is 1. The zero-order chi connectivity index (χ0) is 21.7. The standard InChI is InChI=1S/C22H28ClN3O3S/c1-3-26(4-2)30(28,29)19-10-8-9-17(15-19)22(27)24-18-11-12-21(20(23)16-18)25-13-6-5-7-14-25/h8-12,15-16H,3-7,13-14H2,1-2H3,(H,24,27). The number of benzene rings is 2. The smallest absolute Gasteiger partial charge is 0.255 e. The summed E-state index contributed by atoms with van der Waals surface area (Å²) in [6.45, 7) is 6.29. The van der Waals surface area contributed by atoms with E-state index in [9.17, 15) is 13.2 Å². The second kappa shape index (κ2) is 9.81. The van der Waals surface area contributed by atoms with E-state index in [0.29, 0.717) is 23.8 Å². The van der Waals surface area contributed by atoms with Crippen molar-refractivity contribution in [1.29, 1.82) is 0 Å². The largest absolute Gasteiger partial charge is 0.370 e. The lowest BCUT2D eigenvalue weighted by Crippen LogP contribution is -2.30. The number of piperidine rings is 1. The van der Waals surface area contributed by atoms with Crippen molar-refractivity contribution in [2.24, 2.45) is 0 Å². The minimum absolute atomic E-state index is 0.109. The molecule has 8 heteroatoms. The highest BCUT2D eigenvalue weighted by Crippen LogP contribution is 2.31. The Bertz CT molecular complexity index is 1000. The number of amides is 1. The fourth-order valence-corrected chi connectivity index (χ4v) is 5.49. The summed E-state index contributed by atoms with van der Waals surface area (Å²) in [5.74, 6) is -0.381. The number of carbonyl (C=O) groups excluding carboxylic acids is 1. The van der Waals surface area contributed by atoms with E-state index < -0.39 is 10.0 Å². The van der Waals surface area contributed by atoms with Crippen molar-refractivity contribution >= 4 is 38.9 Å². The van der Waals surface area contributed by atoms with Crippen molar-refractivity contribution in [1.82, 2.24) is 4.31 Å². The van der Waals surface area contributed by atoms with Gasteiger partial charge in [0.15, 0.2) is 0 Å². The number of nitrogens with one attached hydrogen (secondary N) is 1. The van der Waals surface area contributed by atoms with Gasteiger partial charge >= 0.3 is 0 Å². The van der Waals surface area contributed by atoms with Crippen LogP contribution in [-0.4, -0.2) is 44.8 Å². The number of hydrogen-bond acceptors (Lipinski definition) is 4. The van der Waals surface area contributed by atoms with Crippen LogP contribution >= 0.6 is 11.6 Å². The zero-order valence-electron chi connectivity index (χ0n) is 17.4. The van der Waals surface area contributed by atoms with Gasteiger partial charge in [0, 0.05) is 37.4 Å². The highest BCUT2D eigenvalue weighted by molar-refractivity contribution is 7.89. The Labute approximate surface area is 183 Å². The van der Waals surface area contributed by atoms with Crippen LogP contribution < -0.4 is 10.2 Å². The molecule has 0 spiro atoms. The summed E-state index contributed by atoms with van der Waals surface area (Å²) in [4.78, 5) is 15.1. The van der Waals surface area contributed by atoms with Gasteiger partial charge in [-0.15, -0.1) is 0 Å². The molecule has 1 amide bonds. The Kier molecular flexibility index (Phi) is 7.39. The third-order valence-corrected chi connectivity index (χ3v) is 7.69. The monoisotopic (exact) mass is 449 g/mol. The molecule has 1 aliphatic rings. The van der Waals surface area contributed by atoms with Gasteiger partial charge in [-0.05, 0) is 55.7 Å². The number of halogens is 1. The molecule has 1 aliphatic heterocycles. The zero-order valence-corrected chi connectivity index (χ0v) is 19.0. The Morgan fingerprint density at radius 1 is 1.07 bits per heavy atom. The molecular formula is C22H28ClN3O3S. The van der Waals surface area contributed by atoms with Crippen LogP contribution in [0.1, 0.15) is 43.5 Å². The third-order valence-electron chi connectivity index (χ3n) is 5.34. The van der Waals surface area contributed by atoms with E-state index in [2.05, 4.69) is 10.2 Å². The normalized spacial score (nSPS) is 14.7. The lowest BCUT2D eigenvalue weighted by Gasteiger charge is -2.29. The molecule has 1 heterocycles. The molecule has 2 aromatic carbocycles. The maximum atomic E-state index is 12.7. The summed E-state index contributed by atoms with van der Waals surface area (Å²) in [6.07, 6.45) is 3.55. The molecule has 1 N–H and O–H groups in total. The van der Waals surface area contributed by atoms with Crippen LogP contribution in [0.25, 0.3) is 0 Å². The first-order chi connectivity index (χ1) is 14.4. The lowest BCUT2D eigenvalue weighted by atomic mass is 10.1. The van der Waals surface area contributed by atoms with Crippen molar-refractivity contribution in [3.63, 3.8) is 0 Å². The summed E-state index contributed by atoms with van der Waals surface area (Å²) in [5.41, 5.74) is 1.82. The van der Waals surface area contributed by atoms with Gasteiger partial charge in [0.05, 0.1) is 15.6 Å². The predicted molar refractivity (Wildman–Crippen MR) is 122 cm³/mol. The molecule has 1 fully saturated rings. The highest BCUT2D eigenvalue weighted by Gasteiger charge is 2.22. The number of rotatable bonds is 7. The van der Waals surface area contributed by atoms with Crippen molar-refractivity contribution < 1.29 is 13.2 Å². The lowest BCUT2D eigenvalue weighted by molar-refractivity contribution is 0.102. The summed E-state index contributed by atoms with van der Waals surface area (Å²) in [5, 5.41) is 3.41. The SMILES string of the molecule is CCN(CC)S(=O)(=O)c1cccc(C(=O)Nc2ccc(N3CCCCC3)c(Cl)c2)c1. The van der Waals surface area contributed by atoms with Crippen molar-refractivity contribution in [3.8, 4) is 0 Å². The minimum Gasteiger partial charge on any atom is -0.370 e. The Morgan fingerprint density at radius 2 is 1.77 bits per heavy atom. The fourth-order valence-electron chi connectivity index (χ4n) is 3.69. The van der Waals surface area contributed by atoms with E-state index >= 15 is 0 Å². The molecule has 0 unspecified atom stereocenters. The average molecular weight is 450 g/mol. The third kappa shape index (κ3) is 4.96. The van der Waals surface area contributed by atoms with Crippen LogP contribution in [0.4, 0.5) is 11.4 Å². The second-order valence-electron chi connectivity index (χ2n) is 7.29. The van der Waals surface area contributed by atoms with E-state index in [-0.39, 0.29) is 16.4 Å². The van der Waals surface area contributed by atoms with Crippen LogP contribution in [0, 0.1) is 0 Å². The van der Waals surface area contributed by atoms with E-state index in [1.54, 1.807) is 32.0 Å². The molecule has 0 aliphatic carbocycles. The molecule has 0 atom stereocenters. The molecule has 162 valence electrons. The predicted octanol–water partition coefficient (Wildman–Crippen LogP) is 4.61. The first-order valence-corrected chi connectivity index (χ1v) is 12.1. The molecule has 2 aromatic rings. The van der Waals surface area contributed by atoms with Gasteiger partial charge in [-0.3, -0.25) is 4.79 Å². The van der Waals surface area contributed by atoms with Gasteiger partial charge in [0.2, 0.25) is 10.0 Å². The Balaban J connectivity index is 1.77. The van der Waals surface area contributed by atoms with Gasteiger partial charge in [-0.25, -0.2) is 8.42 Å². The van der Waals surface area contributed by atoms with E-state index in [4.69, 9.17) is 11.6 Å². The van der Waals surface area contributed by atoms with Crippen molar-refractivity contribution in [2.45, 2.75) is 38.0 Å². The van der Waals surface area contributed by atoms with E-state index in [0.717, 1.165) is 31.6 Å². The van der Waals surface area contributed by atoms with Crippen LogP contribution in [0.15, 0.2) is 47.4 Å². The van der Waals surface area contributed by atoms with Crippen molar-refractivity contribution in [3.05, 3.63) is 53.1 Å². The van der Waals surface area contributed by atoms with Crippen molar-refractivity contribution in [2.75, 3.05) is 36.4 Å². The van der Waals surface area contributed by atoms with Gasteiger partial charge in [0.25, 0.3) is 5.91 Å². The summed E-state index contributed by atoms with van der Waals surface area (Å²) in [7, 11) is -3.63. The highest BCUT2D eigenvalue weighted by atomic mass is 35.5. The topological polar surface area (TPSA) is 69.7 Å². The maximum Gasteiger partial charge on any atom is 0.255 e. The number of anilines is 2. The number of hydrogen-bond donors (Lipinski definition) is 1. The van der Waals surface area contributed by atoms with Gasteiger partial charge in [0.1, 0.15) is 0 Å². The molecule has 0 bridgehead atoms. The van der Waals surface area contributed by atoms with E-state index in [1.165, 1.54) is 22.9 Å². The molecular weight excluding hydrogens is 422 g/mol. The molecule has 30 heavy (non-hydrogen) atoms. The Morgan fingerprint density at radius 3 is 2.40 bits per heavy atom. The molecule has 0 radical (unpaired) electrons. The van der Waals surface area contributed by atoms with Crippen LogP contribution in [0.2, 0.25) is 5.02 Å². The minimum atomic E-state index is -3.63. The molecule has 3 rings (SSSR count). The number of nitrogens with zero attached hydrogens (tertiary/aromatic N) is 2. The van der Waals surface area contributed by atoms with E-state index in [1.807, 2.05) is 12.1 Å². The summed E-state index contributed by atoms with van der Waals surface area (Å²) in [6, 6.07) is 11.6. The number of sulfonamides is 1. The Hall–Kier alpha value is -2.09. The molecule has 0 aromatic heterocycles. The van der Waals surface area contributed by atoms with Crippen LogP contribution in [0.5, 0.6) is 0 Å². The maximum absolute atomic E-state index is 12.7. The first-order valence-electron chi connectivity index (χ1n) is 10.3. The van der Waals surface area contributed by atoms with Gasteiger partial charge < -0.3 is 10.2 Å². The second-order valence-corrected chi connectivity index (χ2v) is 9.63. The van der Waals surface area contributed by atoms with Crippen LogP contribution in [-0.2, 0) is 10.0 Å². The van der Waals surface area contributed by atoms with Crippen LogP contribution in [0.3, 0.4) is 0 Å². The molecule has 0 saturated carbocycles. The fraction of sp³-hybridized carbons (Fsp3) is 0.409. The summed E-state index contributed by atoms with van der Waals surface area (Å²) >= 11 is 6.47. The summed E-state index contributed by atoms with van der Waals surface area (Å²) < 4.78 is 26.8. The first kappa shape index (κ1) is 22.6. The quantitative estimate of drug-likeness (QED) is 0.669. The van der Waals surface area contributed by atoms with Gasteiger partial charge in [-0.2, -0.15) is 4.31 Å².